The lowest BCUT2D eigenvalue weighted by molar-refractivity contribution is 0.474. The van der Waals surface area contributed by atoms with E-state index < -0.39 is 10.0 Å². The Labute approximate surface area is 134 Å². The number of phenolic OH excluding ortho intramolecular Hbond substituents is 1. The molecule has 0 atom stereocenters. The first-order chi connectivity index (χ1) is 9.29. The molecule has 0 saturated heterocycles. The van der Waals surface area contributed by atoms with E-state index in [1.807, 2.05) is 0 Å². The summed E-state index contributed by atoms with van der Waals surface area (Å²) in [5, 5.41) is 10.2. The van der Waals surface area contributed by atoms with E-state index in [9.17, 15) is 13.5 Å². The zero-order valence-corrected chi connectivity index (χ0v) is 13.7. The molecule has 8 heteroatoms. The van der Waals surface area contributed by atoms with Gasteiger partial charge in [0.25, 0.3) is 10.0 Å². The molecule has 0 aliphatic carbocycles. The number of para-hydroxylation sites is 1. The minimum absolute atomic E-state index is 0.0514. The summed E-state index contributed by atoms with van der Waals surface area (Å²) >= 11 is 14.7. The van der Waals surface area contributed by atoms with Gasteiger partial charge in [-0.2, -0.15) is 0 Å². The van der Waals surface area contributed by atoms with E-state index in [-0.39, 0.29) is 26.4 Å². The zero-order valence-electron chi connectivity index (χ0n) is 9.77. The number of phenols is 1. The van der Waals surface area contributed by atoms with Crippen molar-refractivity contribution < 1.29 is 13.5 Å². The van der Waals surface area contributed by atoms with Crippen LogP contribution in [0.3, 0.4) is 0 Å². The molecule has 0 radical (unpaired) electrons. The van der Waals surface area contributed by atoms with Crippen molar-refractivity contribution in [2.75, 3.05) is 4.72 Å². The summed E-state index contributed by atoms with van der Waals surface area (Å²) in [5.41, 5.74) is 0.0514. The van der Waals surface area contributed by atoms with Gasteiger partial charge >= 0.3 is 0 Å². The predicted octanol–water partition coefficient (Wildman–Crippen LogP) is 4.26. The summed E-state index contributed by atoms with van der Waals surface area (Å²) in [4.78, 5) is -0.0885. The molecule has 0 aliphatic rings. The summed E-state index contributed by atoms with van der Waals surface area (Å²) in [6, 6.07) is 8.58. The molecular formula is C12H8BrCl2NO3S. The summed E-state index contributed by atoms with van der Waals surface area (Å²) in [6.07, 6.45) is 0. The Balaban J connectivity index is 2.43. The Morgan fingerprint density at radius 3 is 2.30 bits per heavy atom. The average Bonchev–Trinajstić information content (AvgIpc) is 2.33. The van der Waals surface area contributed by atoms with Gasteiger partial charge in [0.2, 0.25) is 0 Å². The minimum Gasteiger partial charge on any atom is -0.505 e. The molecule has 2 N–H and O–H groups in total. The van der Waals surface area contributed by atoms with E-state index >= 15 is 0 Å². The molecule has 0 heterocycles. The lowest BCUT2D eigenvalue weighted by Crippen LogP contribution is -2.13. The maximum absolute atomic E-state index is 12.2. The molecule has 0 bridgehead atoms. The summed E-state index contributed by atoms with van der Waals surface area (Å²) in [7, 11) is -3.90. The van der Waals surface area contributed by atoms with Gasteiger partial charge in [-0.05, 0) is 46.3 Å². The van der Waals surface area contributed by atoms with E-state index in [0.29, 0.717) is 4.47 Å². The summed E-state index contributed by atoms with van der Waals surface area (Å²) in [5.74, 6) is -0.204. The average molecular weight is 397 g/mol. The van der Waals surface area contributed by atoms with Crippen molar-refractivity contribution in [3.8, 4) is 5.75 Å². The topological polar surface area (TPSA) is 66.4 Å². The molecule has 2 aromatic carbocycles. The first kappa shape index (κ1) is 15.4. The fourth-order valence-electron chi connectivity index (χ4n) is 1.49. The van der Waals surface area contributed by atoms with Crippen molar-refractivity contribution in [2.24, 2.45) is 0 Å². The van der Waals surface area contributed by atoms with Crippen LogP contribution < -0.4 is 4.72 Å². The van der Waals surface area contributed by atoms with E-state index in [0.717, 1.165) is 0 Å². The molecule has 0 spiro atoms. The van der Waals surface area contributed by atoms with Crippen LogP contribution in [0.2, 0.25) is 10.0 Å². The van der Waals surface area contributed by atoms with Crippen LogP contribution in [0.1, 0.15) is 0 Å². The normalized spacial score (nSPS) is 11.3. The molecule has 106 valence electrons. The van der Waals surface area contributed by atoms with Gasteiger partial charge in [-0.1, -0.05) is 29.3 Å². The van der Waals surface area contributed by atoms with Gasteiger partial charge in [0, 0.05) is 10.0 Å². The van der Waals surface area contributed by atoms with Crippen LogP contribution in [-0.2, 0) is 10.0 Å². The van der Waals surface area contributed by atoms with Crippen LogP contribution in [0, 0.1) is 0 Å². The highest BCUT2D eigenvalue weighted by Crippen LogP contribution is 2.33. The molecule has 0 fully saturated rings. The van der Waals surface area contributed by atoms with Crippen LogP contribution in [0.5, 0.6) is 5.75 Å². The van der Waals surface area contributed by atoms with Gasteiger partial charge in [-0.15, -0.1) is 0 Å². The Kier molecular flexibility index (Phi) is 4.49. The van der Waals surface area contributed by atoms with Gasteiger partial charge in [-0.3, -0.25) is 4.72 Å². The highest BCUT2D eigenvalue weighted by atomic mass is 79.9. The fraction of sp³-hybridized carbons (Fsp3) is 0. The monoisotopic (exact) mass is 395 g/mol. The Bertz CT molecular complexity index is 745. The maximum Gasteiger partial charge on any atom is 0.262 e. The predicted molar refractivity (Wildman–Crippen MR) is 83.1 cm³/mol. The lowest BCUT2D eigenvalue weighted by Gasteiger charge is -2.11. The van der Waals surface area contributed by atoms with Gasteiger partial charge < -0.3 is 5.11 Å². The largest absolute Gasteiger partial charge is 0.505 e. The van der Waals surface area contributed by atoms with E-state index in [1.165, 1.54) is 24.3 Å². The third kappa shape index (κ3) is 3.38. The quantitative estimate of drug-likeness (QED) is 0.761. The van der Waals surface area contributed by atoms with Crippen molar-refractivity contribution in [2.45, 2.75) is 4.90 Å². The fourth-order valence-corrected chi connectivity index (χ4v) is 3.64. The second-order valence-corrected chi connectivity index (χ2v) is 7.26. The highest BCUT2D eigenvalue weighted by Gasteiger charge is 2.18. The lowest BCUT2D eigenvalue weighted by atomic mass is 10.3. The summed E-state index contributed by atoms with van der Waals surface area (Å²) in [6.45, 7) is 0. The molecule has 0 unspecified atom stereocenters. The van der Waals surface area contributed by atoms with Gasteiger partial charge in [0.15, 0.2) is 5.75 Å². The number of nitrogens with one attached hydrogen (secondary N) is 1. The number of benzene rings is 2. The first-order valence-corrected chi connectivity index (χ1v) is 8.29. The number of hydrogen-bond donors (Lipinski definition) is 2. The molecule has 0 saturated carbocycles. The molecule has 4 nitrogen and oxygen atoms in total. The number of rotatable bonds is 3. The molecular weight excluding hydrogens is 389 g/mol. The van der Waals surface area contributed by atoms with E-state index in [1.54, 1.807) is 12.1 Å². The second kappa shape index (κ2) is 5.81. The standard InChI is InChI=1S/C12H8BrCl2NO3S/c13-10-2-1-3-11(12(10)17)16-20(18,19)9-5-7(14)4-8(15)6-9/h1-6,16-17H. The molecule has 20 heavy (non-hydrogen) atoms. The third-order valence-corrected chi connectivity index (χ3v) is 4.80. The number of sulfonamides is 1. The summed E-state index contributed by atoms with van der Waals surface area (Å²) < 4.78 is 27.1. The van der Waals surface area contributed by atoms with Crippen LogP contribution >= 0.6 is 39.1 Å². The Hall–Kier alpha value is -0.950. The van der Waals surface area contributed by atoms with E-state index in [4.69, 9.17) is 23.2 Å². The maximum atomic E-state index is 12.2. The van der Waals surface area contributed by atoms with Crippen molar-refractivity contribution in [3.63, 3.8) is 0 Å². The number of halogens is 3. The molecule has 0 aliphatic heterocycles. The zero-order chi connectivity index (χ0) is 14.9. The Morgan fingerprint density at radius 1 is 1.10 bits per heavy atom. The molecule has 2 rings (SSSR count). The molecule has 0 aromatic heterocycles. The SMILES string of the molecule is O=S(=O)(Nc1cccc(Br)c1O)c1cc(Cl)cc(Cl)c1. The minimum atomic E-state index is -3.90. The van der Waals surface area contributed by atoms with Crippen LogP contribution in [-0.4, -0.2) is 13.5 Å². The van der Waals surface area contributed by atoms with Gasteiger partial charge in [0.1, 0.15) is 0 Å². The molecule has 0 amide bonds. The van der Waals surface area contributed by atoms with Gasteiger partial charge in [-0.25, -0.2) is 8.42 Å². The van der Waals surface area contributed by atoms with Crippen molar-refractivity contribution in [1.29, 1.82) is 0 Å². The number of hydrogen-bond acceptors (Lipinski definition) is 3. The third-order valence-electron chi connectivity index (χ3n) is 2.38. The van der Waals surface area contributed by atoms with Crippen molar-refractivity contribution in [1.82, 2.24) is 0 Å². The molecule has 2 aromatic rings. The number of aromatic hydroxyl groups is 1. The van der Waals surface area contributed by atoms with Crippen molar-refractivity contribution >= 4 is 54.8 Å². The second-order valence-electron chi connectivity index (χ2n) is 3.85. The smallest absolute Gasteiger partial charge is 0.262 e. The van der Waals surface area contributed by atoms with Gasteiger partial charge in [0.05, 0.1) is 15.1 Å². The highest BCUT2D eigenvalue weighted by molar-refractivity contribution is 9.10. The first-order valence-electron chi connectivity index (χ1n) is 5.26. The van der Waals surface area contributed by atoms with E-state index in [2.05, 4.69) is 20.7 Å². The van der Waals surface area contributed by atoms with Crippen LogP contribution in [0.15, 0.2) is 45.8 Å². The van der Waals surface area contributed by atoms with Crippen molar-refractivity contribution in [3.05, 3.63) is 50.9 Å². The van der Waals surface area contributed by atoms with Crippen LogP contribution in [0.25, 0.3) is 0 Å². The Morgan fingerprint density at radius 2 is 1.70 bits per heavy atom. The van der Waals surface area contributed by atoms with Crippen LogP contribution in [0.4, 0.5) is 5.69 Å². The number of anilines is 1.